The van der Waals surface area contributed by atoms with Crippen molar-refractivity contribution in [3.63, 3.8) is 0 Å². The second kappa shape index (κ2) is 5.58. The standard InChI is InChI=1S/C14H15N7OS/c1-9-15-18-14(23-9)21-6-4-20(5-7-21)13(22)10-2-3-11-12(8-10)17-19-16-11/h2-3,8H,4-7H2,1H3,(H,16,17,19). The number of hydrogen-bond acceptors (Lipinski definition) is 7. The first-order valence-corrected chi connectivity index (χ1v) is 8.17. The van der Waals surface area contributed by atoms with E-state index in [2.05, 4.69) is 30.5 Å². The van der Waals surface area contributed by atoms with E-state index < -0.39 is 0 Å². The molecule has 0 spiro atoms. The van der Waals surface area contributed by atoms with Gasteiger partial charge < -0.3 is 9.80 Å². The maximum absolute atomic E-state index is 12.6. The van der Waals surface area contributed by atoms with E-state index in [9.17, 15) is 4.79 Å². The van der Waals surface area contributed by atoms with Gasteiger partial charge in [0.05, 0.1) is 0 Å². The quantitative estimate of drug-likeness (QED) is 0.756. The number of aromatic nitrogens is 5. The molecule has 3 heterocycles. The van der Waals surface area contributed by atoms with E-state index in [-0.39, 0.29) is 5.91 Å². The minimum atomic E-state index is 0.0306. The summed E-state index contributed by atoms with van der Waals surface area (Å²) in [7, 11) is 0. The van der Waals surface area contributed by atoms with Crippen molar-refractivity contribution >= 4 is 33.4 Å². The number of piperazine rings is 1. The van der Waals surface area contributed by atoms with E-state index in [4.69, 9.17) is 0 Å². The number of carbonyl (C=O) groups excluding carboxylic acids is 1. The molecule has 118 valence electrons. The molecule has 1 aliphatic rings. The highest BCUT2D eigenvalue weighted by Crippen LogP contribution is 2.21. The third-order valence-electron chi connectivity index (χ3n) is 3.92. The monoisotopic (exact) mass is 329 g/mol. The fourth-order valence-electron chi connectivity index (χ4n) is 2.67. The average molecular weight is 329 g/mol. The Labute approximate surface area is 136 Å². The number of carbonyl (C=O) groups is 1. The van der Waals surface area contributed by atoms with Gasteiger partial charge in [-0.05, 0) is 25.1 Å². The third kappa shape index (κ3) is 2.63. The van der Waals surface area contributed by atoms with Crippen molar-refractivity contribution in [1.29, 1.82) is 0 Å². The van der Waals surface area contributed by atoms with Crippen LogP contribution in [-0.4, -0.2) is 62.6 Å². The van der Waals surface area contributed by atoms with Gasteiger partial charge in [-0.25, -0.2) is 0 Å². The predicted octanol–water partition coefficient (Wildman–Crippen LogP) is 1.08. The maximum Gasteiger partial charge on any atom is 0.254 e. The third-order valence-corrected chi connectivity index (χ3v) is 4.82. The Morgan fingerprint density at radius 3 is 2.65 bits per heavy atom. The topological polar surface area (TPSA) is 90.9 Å². The molecular weight excluding hydrogens is 314 g/mol. The number of aryl methyl sites for hydroxylation is 1. The first kappa shape index (κ1) is 14.1. The number of benzene rings is 1. The normalized spacial score (nSPS) is 15.3. The predicted molar refractivity (Wildman–Crippen MR) is 86.7 cm³/mol. The van der Waals surface area contributed by atoms with Crippen LogP contribution in [0.5, 0.6) is 0 Å². The summed E-state index contributed by atoms with van der Waals surface area (Å²) in [5.74, 6) is 0.0306. The van der Waals surface area contributed by atoms with Crippen molar-refractivity contribution in [2.24, 2.45) is 0 Å². The van der Waals surface area contributed by atoms with Crippen LogP contribution in [-0.2, 0) is 0 Å². The molecule has 0 unspecified atom stereocenters. The smallest absolute Gasteiger partial charge is 0.254 e. The maximum atomic E-state index is 12.6. The number of rotatable bonds is 2. The van der Waals surface area contributed by atoms with E-state index >= 15 is 0 Å². The van der Waals surface area contributed by atoms with Gasteiger partial charge in [-0.2, -0.15) is 15.4 Å². The van der Waals surface area contributed by atoms with Gasteiger partial charge >= 0.3 is 0 Å². The number of H-pyrrole nitrogens is 1. The lowest BCUT2D eigenvalue weighted by Gasteiger charge is -2.34. The first-order chi connectivity index (χ1) is 11.2. The zero-order chi connectivity index (χ0) is 15.8. The number of amides is 1. The summed E-state index contributed by atoms with van der Waals surface area (Å²) in [6, 6.07) is 5.39. The average Bonchev–Trinajstić information content (AvgIpc) is 3.22. The van der Waals surface area contributed by atoms with Crippen LogP contribution in [0.3, 0.4) is 0 Å². The molecule has 1 aromatic carbocycles. The minimum absolute atomic E-state index is 0.0306. The van der Waals surface area contributed by atoms with Gasteiger partial charge in [0.15, 0.2) is 0 Å². The molecule has 0 saturated carbocycles. The fourth-order valence-corrected chi connectivity index (χ4v) is 3.41. The highest BCUT2D eigenvalue weighted by atomic mass is 32.1. The number of nitrogens with one attached hydrogen (secondary N) is 1. The molecule has 0 atom stereocenters. The van der Waals surface area contributed by atoms with Crippen LogP contribution >= 0.6 is 11.3 Å². The molecule has 1 amide bonds. The summed E-state index contributed by atoms with van der Waals surface area (Å²) < 4.78 is 0. The molecule has 1 saturated heterocycles. The zero-order valence-corrected chi connectivity index (χ0v) is 13.4. The summed E-state index contributed by atoms with van der Waals surface area (Å²) in [5, 5.41) is 20.7. The molecule has 4 rings (SSSR count). The molecular formula is C14H15N7OS. The summed E-state index contributed by atoms with van der Waals surface area (Å²) in [4.78, 5) is 16.7. The lowest BCUT2D eigenvalue weighted by atomic mass is 10.1. The van der Waals surface area contributed by atoms with E-state index in [1.165, 1.54) is 0 Å². The Bertz CT molecular complexity index is 850. The van der Waals surface area contributed by atoms with Crippen molar-refractivity contribution < 1.29 is 4.79 Å². The Balaban J connectivity index is 1.46. The van der Waals surface area contributed by atoms with Crippen LogP contribution < -0.4 is 4.90 Å². The number of hydrogen-bond donors (Lipinski definition) is 1. The molecule has 0 bridgehead atoms. The van der Waals surface area contributed by atoms with E-state index in [1.54, 1.807) is 23.5 Å². The molecule has 9 heteroatoms. The lowest BCUT2D eigenvalue weighted by molar-refractivity contribution is 0.0747. The van der Waals surface area contributed by atoms with Crippen molar-refractivity contribution in [2.75, 3.05) is 31.1 Å². The van der Waals surface area contributed by atoms with Gasteiger partial charge in [0.2, 0.25) is 5.13 Å². The van der Waals surface area contributed by atoms with Gasteiger partial charge in [0.1, 0.15) is 16.0 Å². The number of nitrogens with zero attached hydrogens (tertiary/aromatic N) is 6. The van der Waals surface area contributed by atoms with Gasteiger partial charge in [0.25, 0.3) is 5.91 Å². The van der Waals surface area contributed by atoms with Crippen molar-refractivity contribution in [2.45, 2.75) is 6.92 Å². The Morgan fingerprint density at radius 1 is 1.13 bits per heavy atom. The largest absolute Gasteiger partial charge is 0.343 e. The highest BCUT2D eigenvalue weighted by Gasteiger charge is 2.24. The fraction of sp³-hybridized carbons (Fsp3) is 0.357. The number of anilines is 1. The molecule has 0 aliphatic carbocycles. The Morgan fingerprint density at radius 2 is 1.91 bits per heavy atom. The van der Waals surface area contributed by atoms with Crippen molar-refractivity contribution in [3.05, 3.63) is 28.8 Å². The van der Waals surface area contributed by atoms with E-state index in [1.807, 2.05) is 17.9 Å². The Kier molecular flexibility index (Phi) is 3.41. The molecule has 1 aliphatic heterocycles. The first-order valence-electron chi connectivity index (χ1n) is 7.35. The van der Waals surface area contributed by atoms with Gasteiger partial charge in [-0.15, -0.1) is 10.2 Å². The zero-order valence-electron chi connectivity index (χ0n) is 12.6. The molecule has 3 aromatic rings. The minimum Gasteiger partial charge on any atom is -0.343 e. The number of aromatic amines is 1. The van der Waals surface area contributed by atoms with Crippen molar-refractivity contribution in [3.8, 4) is 0 Å². The van der Waals surface area contributed by atoms with Crippen LogP contribution in [0.4, 0.5) is 5.13 Å². The molecule has 1 N–H and O–H groups in total. The molecule has 23 heavy (non-hydrogen) atoms. The summed E-state index contributed by atoms with van der Waals surface area (Å²) in [5.41, 5.74) is 2.11. The number of fused-ring (bicyclic) bond motifs is 1. The second-order valence-electron chi connectivity index (χ2n) is 5.41. The van der Waals surface area contributed by atoms with Crippen LogP contribution in [0.1, 0.15) is 15.4 Å². The molecule has 8 nitrogen and oxygen atoms in total. The van der Waals surface area contributed by atoms with Gasteiger partial charge in [-0.3, -0.25) is 4.79 Å². The van der Waals surface area contributed by atoms with Crippen LogP contribution in [0.25, 0.3) is 11.0 Å². The van der Waals surface area contributed by atoms with Crippen LogP contribution in [0.15, 0.2) is 18.2 Å². The van der Waals surface area contributed by atoms with E-state index in [0.717, 1.165) is 28.7 Å². The summed E-state index contributed by atoms with van der Waals surface area (Å²) in [6.07, 6.45) is 0. The van der Waals surface area contributed by atoms with Crippen molar-refractivity contribution in [1.82, 2.24) is 30.5 Å². The lowest BCUT2D eigenvalue weighted by Crippen LogP contribution is -2.48. The molecule has 1 fully saturated rings. The summed E-state index contributed by atoms with van der Waals surface area (Å²) in [6.45, 7) is 4.84. The highest BCUT2D eigenvalue weighted by molar-refractivity contribution is 7.15. The van der Waals surface area contributed by atoms with Crippen LogP contribution in [0, 0.1) is 6.92 Å². The van der Waals surface area contributed by atoms with Crippen LogP contribution in [0.2, 0.25) is 0 Å². The second-order valence-corrected chi connectivity index (χ2v) is 6.57. The summed E-state index contributed by atoms with van der Waals surface area (Å²) >= 11 is 1.58. The van der Waals surface area contributed by atoms with Gasteiger partial charge in [-0.1, -0.05) is 11.3 Å². The molecule has 2 aromatic heterocycles. The SMILES string of the molecule is Cc1nnc(N2CCN(C(=O)c3ccc4n[nH]nc4c3)CC2)s1. The molecule has 0 radical (unpaired) electrons. The Hall–Kier alpha value is -2.55. The van der Waals surface area contributed by atoms with E-state index in [0.29, 0.717) is 24.2 Å². The van der Waals surface area contributed by atoms with Gasteiger partial charge in [0, 0.05) is 31.7 Å².